The van der Waals surface area contributed by atoms with Gasteiger partial charge in [0, 0.05) is 18.7 Å². The van der Waals surface area contributed by atoms with Crippen molar-refractivity contribution in [1.82, 2.24) is 10.2 Å². The van der Waals surface area contributed by atoms with E-state index in [-0.39, 0.29) is 0 Å². The van der Waals surface area contributed by atoms with Crippen LogP contribution in [0.1, 0.15) is 31.1 Å². The van der Waals surface area contributed by atoms with E-state index >= 15 is 0 Å². The molecule has 16 heavy (non-hydrogen) atoms. The highest BCUT2D eigenvalue weighted by atomic mass is 16.3. The SMILES string of the molecule is CCC1CCN(Cc2occc2CNC)C1. The first kappa shape index (κ1) is 11.7. The van der Waals surface area contributed by atoms with Crippen molar-refractivity contribution < 1.29 is 4.42 Å². The summed E-state index contributed by atoms with van der Waals surface area (Å²) in [7, 11) is 1.97. The standard InChI is InChI=1S/C13H22N2O/c1-3-11-4-6-15(9-11)10-13-12(8-14-2)5-7-16-13/h5,7,11,14H,3-4,6,8-10H2,1-2H3. The zero-order valence-corrected chi connectivity index (χ0v) is 10.3. The highest BCUT2D eigenvalue weighted by Gasteiger charge is 2.22. The summed E-state index contributed by atoms with van der Waals surface area (Å²) in [6.45, 7) is 6.61. The lowest BCUT2D eigenvalue weighted by molar-refractivity contribution is 0.284. The molecule has 2 heterocycles. The van der Waals surface area contributed by atoms with Crippen molar-refractivity contribution in [3.05, 3.63) is 23.7 Å². The van der Waals surface area contributed by atoms with Gasteiger partial charge in [-0.15, -0.1) is 0 Å². The number of hydrogen-bond donors (Lipinski definition) is 1. The van der Waals surface area contributed by atoms with Crippen LogP contribution in [-0.4, -0.2) is 25.0 Å². The van der Waals surface area contributed by atoms with Crippen molar-refractivity contribution in [2.75, 3.05) is 20.1 Å². The van der Waals surface area contributed by atoms with E-state index in [1.54, 1.807) is 6.26 Å². The second kappa shape index (κ2) is 5.51. The van der Waals surface area contributed by atoms with Crippen molar-refractivity contribution >= 4 is 0 Å². The fourth-order valence-corrected chi connectivity index (χ4v) is 2.45. The van der Waals surface area contributed by atoms with Gasteiger partial charge >= 0.3 is 0 Å². The number of hydrogen-bond acceptors (Lipinski definition) is 3. The van der Waals surface area contributed by atoms with E-state index in [2.05, 4.69) is 23.2 Å². The fourth-order valence-electron chi connectivity index (χ4n) is 2.45. The Labute approximate surface area is 97.8 Å². The van der Waals surface area contributed by atoms with E-state index < -0.39 is 0 Å². The second-order valence-electron chi connectivity index (χ2n) is 4.70. The monoisotopic (exact) mass is 222 g/mol. The average molecular weight is 222 g/mol. The van der Waals surface area contributed by atoms with Crippen LogP contribution < -0.4 is 5.32 Å². The van der Waals surface area contributed by atoms with Crippen LogP contribution in [0.15, 0.2) is 16.7 Å². The molecule has 90 valence electrons. The summed E-state index contributed by atoms with van der Waals surface area (Å²) in [5.41, 5.74) is 1.29. The molecule has 0 spiro atoms. The lowest BCUT2D eigenvalue weighted by Gasteiger charge is -2.14. The van der Waals surface area contributed by atoms with Gasteiger partial charge in [0.25, 0.3) is 0 Å². The van der Waals surface area contributed by atoms with Crippen LogP contribution >= 0.6 is 0 Å². The molecule has 0 bridgehead atoms. The predicted octanol–water partition coefficient (Wildman–Crippen LogP) is 2.23. The van der Waals surface area contributed by atoms with Crippen molar-refractivity contribution in [2.45, 2.75) is 32.9 Å². The predicted molar refractivity (Wildman–Crippen MR) is 65.1 cm³/mol. The van der Waals surface area contributed by atoms with Crippen LogP contribution in [0.3, 0.4) is 0 Å². The molecule has 1 aromatic heterocycles. The Morgan fingerprint density at radius 3 is 3.12 bits per heavy atom. The second-order valence-corrected chi connectivity index (χ2v) is 4.70. The Kier molecular flexibility index (Phi) is 4.02. The Bertz CT molecular complexity index is 321. The number of nitrogens with zero attached hydrogens (tertiary/aromatic N) is 1. The summed E-state index contributed by atoms with van der Waals surface area (Å²) in [6.07, 6.45) is 4.45. The topological polar surface area (TPSA) is 28.4 Å². The largest absolute Gasteiger partial charge is 0.468 e. The maximum absolute atomic E-state index is 5.57. The summed E-state index contributed by atoms with van der Waals surface area (Å²) in [5, 5.41) is 3.18. The molecule has 1 N–H and O–H groups in total. The van der Waals surface area contributed by atoms with E-state index in [1.165, 1.54) is 31.5 Å². The third kappa shape index (κ3) is 2.66. The molecule has 0 radical (unpaired) electrons. The van der Waals surface area contributed by atoms with Gasteiger partial charge in [0.05, 0.1) is 12.8 Å². The Balaban J connectivity index is 1.91. The Morgan fingerprint density at radius 2 is 2.44 bits per heavy atom. The van der Waals surface area contributed by atoms with Gasteiger partial charge in [0.15, 0.2) is 0 Å². The molecule has 1 aliphatic heterocycles. The van der Waals surface area contributed by atoms with Crippen molar-refractivity contribution in [3.63, 3.8) is 0 Å². The first-order valence-electron chi connectivity index (χ1n) is 6.25. The molecule has 0 aliphatic carbocycles. The van der Waals surface area contributed by atoms with Gasteiger partial charge in [-0.05, 0) is 32.0 Å². The quantitative estimate of drug-likeness (QED) is 0.828. The lowest BCUT2D eigenvalue weighted by atomic mass is 10.1. The van der Waals surface area contributed by atoms with Crippen molar-refractivity contribution in [1.29, 1.82) is 0 Å². The summed E-state index contributed by atoms with van der Waals surface area (Å²) in [4.78, 5) is 2.51. The minimum Gasteiger partial charge on any atom is -0.468 e. The van der Waals surface area contributed by atoms with E-state index in [4.69, 9.17) is 4.42 Å². The minimum absolute atomic E-state index is 0.891. The normalized spacial score (nSPS) is 21.8. The first-order valence-corrected chi connectivity index (χ1v) is 6.25. The molecule has 3 heteroatoms. The highest BCUT2D eigenvalue weighted by molar-refractivity contribution is 5.16. The zero-order valence-electron chi connectivity index (χ0n) is 10.3. The number of rotatable bonds is 5. The molecular weight excluding hydrogens is 200 g/mol. The van der Waals surface area contributed by atoms with Gasteiger partial charge in [0.2, 0.25) is 0 Å². The van der Waals surface area contributed by atoms with Gasteiger partial charge in [-0.1, -0.05) is 13.3 Å². The average Bonchev–Trinajstić information content (AvgIpc) is 2.90. The summed E-state index contributed by atoms with van der Waals surface area (Å²) in [5.74, 6) is 2.02. The van der Waals surface area contributed by atoms with Crippen molar-refractivity contribution in [2.24, 2.45) is 5.92 Å². The molecule has 1 aliphatic rings. The van der Waals surface area contributed by atoms with Crippen LogP contribution in [0.2, 0.25) is 0 Å². The summed E-state index contributed by atoms with van der Waals surface area (Å²) >= 11 is 0. The van der Waals surface area contributed by atoms with E-state index in [0.717, 1.165) is 24.8 Å². The maximum Gasteiger partial charge on any atom is 0.122 e. The molecule has 0 saturated carbocycles. The molecule has 1 saturated heterocycles. The van der Waals surface area contributed by atoms with E-state index in [9.17, 15) is 0 Å². The van der Waals surface area contributed by atoms with Gasteiger partial charge < -0.3 is 9.73 Å². The van der Waals surface area contributed by atoms with Crippen LogP contribution in [0.25, 0.3) is 0 Å². The number of likely N-dealkylation sites (tertiary alicyclic amines) is 1. The minimum atomic E-state index is 0.891. The van der Waals surface area contributed by atoms with Crippen LogP contribution in [0.5, 0.6) is 0 Å². The number of furan rings is 1. The van der Waals surface area contributed by atoms with Gasteiger partial charge in [0.1, 0.15) is 5.76 Å². The molecule has 2 rings (SSSR count). The molecule has 0 aromatic carbocycles. The first-order chi connectivity index (χ1) is 7.83. The molecule has 3 nitrogen and oxygen atoms in total. The number of nitrogens with one attached hydrogen (secondary N) is 1. The fraction of sp³-hybridized carbons (Fsp3) is 0.692. The van der Waals surface area contributed by atoms with Crippen molar-refractivity contribution in [3.8, 4) is 0 Å². The van der Waals surface area contributed by atoms with Crippen LogP contribution in [0, 0.1) is 5.92 Å². The Morgan fingerprint density at radius 1 is 1.56 bits per heavy atom. The molecular formula is C13H22N2O. The van der Waals surface area contributed by atoms with Crippen LogP contribution in [0.4, 0.5) is 0 Å². The molecule has 0 amide bonds. The summed E-state index contributed by atoms with van der Waals surface area (Å²) < 4.78 is 5.57. The third-order valence-electron chi connectivity index (χ3n) is 3.52. The molecule has 1 aromatic rings. The lowest BCUT2D eigenvalue weighted by Crippen LogP contribution is -2.21. The van der Waals surface area contributed by atoms with Crippen LogP contribution in [-0.2, 0) is 13.1 Å². The summed E-state index contributed by atoms with van der Waals surface area (Å²) in [6, 6.07) is 2.07. The van der Waals surface area contributed by atoms with Gasteiger partial charge in [-0.25, -0.2) is 0 Å². The van der Waals surface area contributed by atoms with E-state index in [1.807, 2.05) is 7.05 Å². The van der Waals surface area contributed by atoms with Gasteiger partial charge in [-0.2, -0.15) is 0 Å². The zero-order chi connectivity index (χ0) is 11.4. The Hall–Kier alpha value is -0.800. The molecule has 1 atom stereocenters. The maximum atomic E-state index is 5.57. The molecule has 1 fully saturated rings. The third-order valence-corrected chi connectivity index (χ3v) is 3.52. The highest BCUT2D eigenvalue weighted by Crippen LogP contribution is 2.22. The van der Waals surface area contributed by atoms with E-state index in [0.29, 0.717) is 0 Å². The smallest absolute Gasteiger partial charge is 0.122 e. The molecule has 1 unspecified atom stereocenters. The van der Waals surface area contributed by atoms with Gasteiger partial charge in [-0.3, -0.25) is 4.90 Å².